The second-order valence-corrected chi connectivity index (χ2v) is 11.1. The van der Waals surface area contributed by atoms with Crippen LogP contribution in [0.3, 0.4) is 0 Å². The lowest BCUT2D eigenvalue weighted by Crippen LogP contribution is -2.60. The summed E-state index contributed by atoms with van der Waals surface area (Å²) in [6, 6.07) is 18.1. The van der Waals surface area contributed by atoms with E-state index in [1.165, 1.54) is 6.33 Å². The van der Waals surface area contributed by atoms with Crippen molar-refractivity contribution in [1.82, 2.24) is 34.9 Å². The summed E-state index contributed by atoms with van der Waals surface area (Å²) in [4.78, 5) is 13.7. The minimum atomic E-state index is -1.05. The molecule has 3 aliphatic heterocycles. The van der Waals surface area contributed by atoms with Crippen molar-refractivity contribution in [3.8, 4) is 22.8 Å². The predicted octanol–water partition coefficient (Wildman–Crippen LogP) is 3.89. The van der Waals surface area contributed by atoms with Crippen LogP contribution >= 0.6 is 0 Å². The second-order valence-electron chi connectivity index (χ2n) is 11.1. The molecular weight excluding hydrogens is 507 g/mol. The van der Waals surface area contributed by atoms with Crippen molar-refractivity contribution in [2.24, 2.45) is 0 Å². The van der Waals surface area contributed by atoms with E-state index in [2.05, 4.69) is 25.1 Å². The predicted molar refractivity (Wildman–Crippen MR) is 153 cm³/mol. The van der Waals surface area contributed by atoms with Crippen molar-refractivity contribution in [3.05, 3.63) is 60.9 Å². The largest absolute Gasteiger partial charge is 0.457 e. The number of nitrogen functional groups attached to an aromatic ring is 1. The van der Waals surface area contributed by atoms with E-state index in [0.717, 1.165) is 56.9 Å². The number of halogens is 1. The van der Waals surface area contributed by atoms with Crippen LogP contribution in [0.25, 0.3) is 22.3 Å². The molecule has 3 aliphatic rings. The number of likely N-dealkylation sites (tertiary alicyclic amines) is 2. The number of fused-ring (bicyclic) bond motifs is 1. The molecule has 2 atom stereocenters. The van der Waals surface area contributed by atoms with Crippen molar-refractivity contribution in [1.29, 1.82) is 0 Å². The lowest BCUT2D eigenvalue weighted by Gasteiger charge is -2.46. The number of para-hydroxylation sites is 1. The Morgan fingerprint density at radius 3 is 2.27 bits per heavy atom. The molecule has 3 fully saturated rings. The number of benzene rings is 2. The van der Waals surface area contributed by atoms with Gasteiger partial charge in [0.05, 0.1) is 11.4 Å². The molecule has 40 heavy (non-hydrogen) atoms. The molecule has 10 heteroatoms. The van der Waals surface area contributed by atoms with Gasteiger partial charge in [0, 0.05) is 56.9 Å². The van der Waals surface area contributed by atoms with Gasteiger partial charge in [-0.1, -0.05) is 18.2 Å². The first kappa shape index (κ1) is 25.4. The Morgan fingerprint density at radius 2 is 1.57 bits per heavy atom. The molecule has 0 bridgehead atoms. The zero-order valence-corrected chi connectivity index (χ0v) is 22.5. The van der Waals surface area contributed by atoms with E-state index in [-0.39, 0.29) is 0 Å². The molecule has 9 nitrogen and oxygen atoms in total. The molecule has 4 aromatic rings. The maximum Gasteiger partial charge on any atom is 0.164 e. The third kappa shape index (κ3) is 4.80. The molecule has 5 heterocycles. The van der Waals surface area contributed by atoms with Gasteiger partial charge in [0.2, 0.25) is 0 Å². The standard InChI is InChI=1S/C30H35FN8O/c31-25-18-38(21-10-13-37(14-11-21)22-16-33-17-22)15-12-26(25)39-30-27(29(32)34-19-35-30)28(36-39)20-6-8-24(9-7-20)40-23-4-2-1-3-5-23/h1-9,19,21-22,25-26,33H,10-18H2,(H2,32,34,35). The number of ether oxygens (including phenoxy) is 1. The van der Waals surface area contributed by atoms with Gasteiger partial charge in [-0.15, -0.1) is 0 Å². The van der Waals surface area contributed by atoms with Crippen LogP contribution in [0.4, 0.5) is 10.2 Å². The lowest BCUT2D eigenvalue weighted by atomic mass is 9.95. The van der Waals surface area contributed by atoms with Gasteiger partial charge in [-0.25, -0.2) is 19.0 Å². The van der Waals surface area contributed by atoms with E-state index in [9.17, 15) is 0 Å². The van der Waals surface area contributed by atoms with Gasteiger partial charge in [0.1, 0.15) is 35.5 Å². The maximum atomic E-state index is 15.9. The Labute approximate surface area is 233 Å². The van der Waals surface area contributed by atoms with Crippen LogP contribution in [0.2, 0.25) is 0 Å². The molecule has 2 aromatic heterocycles. The minimum absolute atomic E-state index is 0.345. The summed E-state index contributed by atoms with van der Waals surface area (Å²) in [7, 11) is 0. The quantitative estimate of drug-likeness (QED) is 0.379. The first-order valence-corrected chi connectivity index (χ1v) is 14.3. The van der Waals surface area contributed by atoms with Gasteiger partial charge >= 0.3 is 0 Å². The van der Waals surface area contributed by atoms with Crippen LogP contribution in [-0.2, 0) is 0 Å². The third-order valence-electron chi connectivity index (χ3n) is 8.77. The fourth-order valence-electron chi connectivity index (χ4n) is 6.41. The van der Waals surface area contributed by atoms with Crippen LogP contribution in [0.1, 0.15) is 25.3 Å². The summed E-state index contributed by atoms with van der Waals surface area (Å²) >= 11 is 0. The Kier molecular flexibility index (Phi) is 6.82. The molecule has 2 aromatic carbocycles. The fourth-order valence-corrected chi connectivity index (χ4v) is 6.41. The SMILES string of the molecule is Nc1ncnc2c1c(-c1ccc(Oc3ccccc3)cc1)nn2C1CCN(C2CCN(C3CNC3)CC2)CC1F. The molecule has 208 valence electrons. The van der Waals surface area contributed by atoms with Gasteiger partial charge in [-0.05, 0) is 55.7 Å². The number of nitrogens with zero attached hydrogens (tertiary/aromatic N) is 6. The molecular formula is C30H35FN8O. The van der Waals surface area contributed by atoms with Crippen molar-refractivity contribution in [2.45, 2.75) is 43.6 Å². The van der Waals surface area contributed by atoms with Crippen molar-refractivity contribution in [3.63, 3.8) is 0 Å². The van der Waals surface area contributed by atoms with Gasteiger partial charge in [-0.3, -0.25) is 9.80 Å². The number of aromatic nitrogens is 4. The summed E-state index contributed by atoms with van der Waals surface area (Å²) in [6.45, 7) is 5.68. The van der Waals surface area contributed by atoms with Gasteiger partial charge in [-0.2, -0.15) is 5.10 Å². The zero-order chi connectivity index (χ0) is 27.1. The average molecular weight is 543 g/mol. The lowest BCUT2D eigenvalue weighted by molar-refractivity contribution is 0.0192. The summed E-state index contributed by atoms with van der Waals surface area (Å²) in [6.07, 6.45) is 3.28. The van der Waals surface area contributed by atoms with Crippen molar-refractivity contribution in [2.75, 3.05) is 45.0 Å². The Morgan fingerprint density at radius 1 is 0.850 bits per heavy atom. The third-order valence-corrected chi connectivity index (χ3v) is 8.77. The number of piperidine rings is 2. The van der Waals surface area contributed by atoms with E-state index in [1.54, 1.807) is 4.68 Å². The van der Waals surface area contributed by atoms with Crippen molar-refractivity contribution >= 4 is 16.9 Å². The van der Waals surface area contributed by atoms with Gasteiger partial charge < -0.3 is 15.8 Å². The summed E-state index contributed by atoms with van der Waals surface area (Å²) in [5.41, 5.74) is 8.42. The number of nitrogens with two attached hydrogens (primary N) is 1. The zero-order valence-electron chi connectivity index (χ0n) is 22.5. The molecule has 0 amide bonds. The number of hydrogen-bond acceptors (Lipinski definition) is 8. The monoisotopic (exact) mass is 542 g/mol. The number of anilines is 1. The number of hydrogen-bond donors (Lipinski definition) is 2. The molecule has 0 spiro atoms. The molecule has 0 aliphatic carbocycles. The first-order chi connectivity index (χ1) is 19.6. The Bertz CT molecular complexity index is 1450. The molecule has 3 saturated heterocycles. The van der Waals surface area contributed by atoms with Crippen LogP contribution in [-0.4, -0.2) is 87.1 Å². The van der Waals surface area contributed by atoms with E-state index < -0.39 is 12.2 Å². The fraction of sp³-hybridized carbons (Fsp3) is 0.433. The molecule has 3 N–H and O–H groups in total. The Balaban J connectivity index is 1.09. The second kappa shape index (κ2) is 10.8. The molecule has 0 saturated carbocycles. The van der Waals surface area contributed by atoms with E-state index in [1.807, 2.05) is 54.6 Å². The number of nitrogens with one attached hydrogen (secondary N) is 1. The summed E-state index contributed by atoms with van der Waals surface area (Å²) in [5, 5.41) is 8.94. The molecule has 0 radical (unpaired) electrons. The normalized spacial score (nSPS) is 23.3. The Hall–Kier alpha value is -3.60. The highest BCUT2D eigenvalue weighted by atomic mass is 19.1. The maximum absolute atomic E-state index is 15.9. The molecule has 7 rings (SSSR count). The van der Waals surface area contributed by atoms with Crippen LogP contribution < -0.4 is 15.8 Å². The minimum Gasteiger partial charge on any atom is -0.457 e. The number of alkyl halides is 1. The van der Waals surface area contributed by atoms with Gasteiger partial charge in [0.15, 0.2) is 5.65 Å². The van der Waals surface area contributed by atoms with Crippen LogP contribution in [0.5, 0.6) is 11.5 Å². The summed E-state index contributed by atoms with van der Waals surface area (Å²) < 4.78 is 23.6. The highest BCUT2D eigenvalue weighted by Crippen LogP contribution is 2.36. The smallest absolute Gasteiger partial charge is 0.164 e. The van der Waals surface area contributed by atoms with Crippen molar-refractivity contribution < 1.29 is 9.13 Å². The first-order valence-electron chi connectivity index (χ1n) is 14.3. The van der Waals surface area contributed by atoms with Gasteiger partial charge in [0.25, 0.3) is 0 Å². The van der Waals surface area contributed by atoms with Crippen LogP contribution in [0.15, 0.2) is 60.9 Å². The average Bonchev–Trinajstić information content (AvgIpc) is 3.34. The summed E-state index contributed by atoms with van der Waals surface area (Å²) in [5.74, 6) is 1.83. The number of rotatable bonds is 6. The highest BCUT2D eigenvalue weighted by molar-refractivity contribution is 5.98. The van der Waals surface area contributed by atoms with E-state index in [0.29, 0.717) is 53.3 Å². The van der Waals surface area contributed by atoms with E-state index in [4.69, 9.17) is 15.6 Å². The highest BCUT2D eigenvalue weighted by Gasteiger charge is 2.38. The van der Waals surface area contributed by atoms with Crippen LogP contribution in [0, 0.1) is 0 Å². The topological polar surface area (TPSA) is 97.4 Å². The molecule has 2 unspecified atom stereocenters. The van der Waals surface area contributed by atoms with E-state index >= 15 is 4.39 Å².